The third-order valence-corrected chi connectivity index (χ3v) is 2.77. The Bertz CT molecular complexity index is 466. The van der Waals surface area contributed by atoms with Gasteiger partial charge in [0.2, 0.25) is 0 Å². The molecule has 2 aromatic rings. The van der Waals surface area contributed by atoms with Crippen molar-refractivity contribution in [2.24, 2.45) is 0 Å². The van der Waals surface area contributed by atoms with E-state index in [1.54, 1.807) is 0 Å². The third kappa shape index (κ3) is 3.95. The largest absolute Gasteiger partial charge is 0.489 e. The van der Waals surface area contributed by atoms with E-state index in [0.29, 0.717) is 13.3 Å². The summed E-state index contributed by atoms with van der Waals surface area (Å²) < 4.78 is 5.78. The van der Waals surface area contributed by atoms with Crippen LogP contribution in [0.4, 0.5) is 0 Å². The molecule has 0 aliphatic heterocycles. The molecule has 2 aromatic carbocycles. The monoisotopic (exact) mass is 240 g/mol. The number of rotatable bonds is 4. The van der Waals surface area contributed by atoms with Gasteiger partial charge in [0.15, 0.2) is 6.71 Å². The first-order valence-corrected chi connectivity index (χ1v) is 6.02. The Hall–Kier alpha value is -1.70. The van der Waals surface area contributed by atoms with Crippen LogP contribution in [0.15, 0.2) is 54.6 Å². The summed E-state index contributed by atoms with van der Waals surface area (Å²) in [5, 5.41) is 0. The van der Waals surface area contributed by atoms with Crippen LogP contribution in [0.5, 0.6) is 5.75 Å². The Balaban J connectivity index is 0.00000162. The quantitative estimate of drug-likeness (QED) is 0.737. The van der Waals surface area contributed by atoms with Gasteiger partial charge in [-0.1, -0.05) is 69.0 Å². The molecule has 0 aliphatic rings. The van der Waals surface area contributed by atoms with E-state index >= 15 is 0 Å². The van der Waals surface area contributed by atoms with Crippen molar-refractivity contribution in [2.45, 2.75) is 27.7 Å². The van der Waals surface area contributed by atoms with Gasteiger partial charge in [0.1, 0.15) is 12.4 Å². The topological polar surface area (TPSA) is 9.23 Å². The zero-order chi connectivity index (χ0) is 12.1. The van der Waals surface area contributed by atoms with Crippen LogP contribution in [0.2, 0.25) is 13.6 Å². The molecular weight excluding hydrogens is 219 g/mol. The van der Waals surface area contributed by atoms with Crippen LogP contribution in [-0.4, -0.2) is 6.71 Å². The van der Waals surface area contributed by atoms with E-state index in [0.717, 1.165) is 5.75 Å². The van der Waals surface area contributed by atoms with Crippen molar-refractivity contribution >= 4 is 12.2 Å². The van der Waals surface area contributed by atoms with Gasteiger partial charge in [-0.2, -0.15) is 0 Å². The summed E-state index contributed by atoms with van der Waals surface area (Å²) in [6, 6.07) is 18.5. The molecule has 0 aliphatic carbocycles. The van der Waals surface area contributed by atoms with Crippen molar-refractivity contribution in [3.63, 3.8) is 0 Å². The molecule has 18 heavy (non-hydrogen) atoms. The number of ether oxygens (including phenoxy) is 1. The molecule has 2 heteroatoms. The van der Waals surface area contributed by atoms with Gasteiger partial charge < -0.3 is 4.74 Å². The van der Waals surface area contributed by atoms with Gasteiger partial charge in [0.25, 0.3) is 0 Å². The van der Waals surface area contributed by atoms with Crippen molar-refractivity contribution in [1.29, 1.82) is 0 Å². The van der Waals surface area contributed by atoms with E-state index in [1.807, 2.05) is 24.3 Å². The number of hydrogen-bond donors (Lipinski definition) is 0. The molecule has 0 saturated carbocycles. The smallest absolute Gasteiger partial charge is 0.169 e. The minimum atomic E-state index is 0. The van der Waals surface area contributed by atoms with Crippen LogP contribution in [-0.2, 0) is 6.61 Å². The lowest BCUT2D eigenvalue weighted by atomic mass is 9.49. The van der Waals surface area contributed by atoms with Gasteiger partial charge in [-0.05, 0) is 17.7 Å². The molecule has 0 aromatic heterocycles. The molecule has 0 saturated heterocycles. The highest BCUT2D eigenvalue weighted by Gasteiger charge is 2.03. The molecule has 0 bridgehead atoms. The fourth-order valence-electron chi connectivity index (χ4n) is 1.70. The minimum absolute atomic E-state index is 0. The molecule has 2 rings (SSSR count). The second-order valence-corrected chi connectivity index (χ2v) is 4.50. The Kier molecular flexibility index (Phi) is 5.51. The van der Waals surface area contributed by atoms with Crippen molar-refractivity contribution in [3.8, 4) is 5.75 Å². The van der Waals surface area contributed by atoms with E-state index in [2.05, 4.69) is 44.0 Å². The maximum absolute atomic E-state index is 5.78. The standard InChI is InChI=1S/C15H17BO.CH4/c1-16(2)14-9-6-10-15(11-14)17-12-13-7-4-3-5-8-13;/h3-11H,12H2,1-2H3;1H4. The summed E-state index contributed by atoms with van der Waals surface area (Å²) in [4.78, 5) is 0. The van der Waals surface area contributed by atoms with Gasteiger partial charge in [-0.15, -0.1) is 0 Å². The second-order valence-electron chi connectivity index (χ2n) is 4.50. The third-order valence-electron chi connectivity index (χ3n) is 2.77. The molecule has 0 amide bonds. The first kappa shape index (κ1) is 14.4. The van der Waals surface area contributed by atoms with Crippen LogP contribution < -0.4 is 10.2 Å². The molecule has 0 N–H and O–H groups in total. The van der Waals surface area contributed by atoms with Gasteiger partial charge in [-0.3, -0.25) is 0 Å². The first-order chi connectivity index (χ1) is 8.25. The molecular formula is C16H21BO. The lowest BCUT2D eigenvalue weighted by molar-refractivity contribution is 0.306. The van der Waals surface area contributed by atoms with Gasteiger partial charge in [0, 0.05) is 0 Å². The summed E-state index contributed by atoms with van der Waals surface area (Å²) in [6.07, 6.45) is 0. The molecule has 0 radical (unpaired) electrons. The lowest BCUT2D eigenvalue weighted by Gasteiger charge is -2.09. The van der Waals surface area contributed by atoms with E-state index in [9.17, 15) is 0 Å². The average molecular weight is 240 g/mol. The zero-order valence-electron chi connectivity index (χ0n) is 10.4. The second kappa shape index (κ2) is 6.90. The van der Waals surface area contributed by atoms with E-state index in [1.165, 1.54) is 11.0 Å². The van der Waals surface area contributed by atoms with E-state index in [-0.39, 0.29) is 7.43 Å². The van der Waals surface area contributed by atoms with E-state index < -0.39 is 0 Å². The molecule has 1 nitrogen and oxygen atoms in total. The van der Waals surface area contributed by atoms with Crippen molar-refractivity contribution in [2.75, 3.05) is 0 Å². The van der Waals surface area contributed by atoms with Crippen LogP contribution in [0.25, 0.3) is 0 Å². The fraction of sp³-hybridized carbons (Fsp3) is 0.250. The Morgan fingerprint density at radius 2 is 1.67 bits per heavy atom. The molecule has 0 fully saturated rings. The van der Waals surface area contributed by atoms with Crippen molar-refractivity contribution in [3.05, 3.63) is 60.2 Å². The maximum atomic E-state index is 5.78. The zero-order valence-corrected chi connectivity index (χ0v) is 10.4. The predicted octanol–water partition coefficient (Wildman–Crippen LogP) is 3.86. The highest BCUT2D eigenvalue weighted by atomic mass is 16.5. The summed E-state index contributed by atoms with van der Waals surface area (Å²) in [5.41, 5.74) is 2.51. The summed E-state index contributed by atoms with van der Waals surface area (Å²) in [7, 11) is 0. The van der Waals surface area contributed by atoms with Crippen LogP contribution >= 0.6 is 0 Å². The molecule has 0 unspecified atom stereocenters. The lowest BCUT2D eigenvalue weighted by Crippen LogP contribution is -2.22. The maximum Gasteiger partial charge on any atom is 0.169 e. The van der Waals surface area contributed by atoms with Gasteiger partial charge in [0.05, 0.1) is 0 Å². The Morgan fingerprint density at radius 1 is 0.944 bits per heavy atom. The normalized spacial score (nSPS) is 9.44. The molecule has 94 valence electrons. The summed E-state index contributed by atoms with van der Waals surface area (Å²) in [5.74, 6) is 0.944. The van der Waals surface area contributed by atoms with Crippen molar-refractivity contribution < 1.29 is 4.74 Å². The SMILES string of the molecule is C.CB(C)c1cccc(OCc2ccccc2)c1. The van der Waals surface area contributed by atoms with E-state index in [4.69, 9.17) is 4.74 Å². The minimum Gasteiger partial charge on any atom is -0.489 e. The number of hydrogen-bond acceptors (Lipinski definition) is 1. The Labute approximate surface area is 111 Å². The van der Waals surface area contributed by atoms with Crippen LogP contribution in [0, 0.1) is 0 Å². The van der Waals surface area contributed by atoms with Crippen LogP contribution in [0.3, 0.4) is 0 Å². The molecule has 0 heterocycles. The predicted molar refractivity (Wildman–Crippen MR) is 81.1 cm³/mol. The van der Waals surface area contributed by atoms with Gasteiger partial charge in [-0.25, -0.2) is 0 Å². The van der Waals surface area contributed by atoms with Crippen molar-refractivity contribution in [1.82, 2.24) is 0 Å². The summed E-state index contributed by atoms with van der Waals surface area (Å²) >= 11 is 0. The summed E-state index contributed by atoms with van der Waals surface area (Å²) in [6.45, 7) is 5.55. The first-order valence-electron chi connectivity index (χ1n) is 6.02. The highest BCUT2D eigenvalue weighted by Crippen LogP contribution is 2.11. The number of benzene rings is 2. The molecule has 0 spiro atoms. The highest BCUT2D eigenvalue weighted by molar-refractivity contribution is 6.70. The van der Waals surface area contributed by atoms with Gasteiger partial charge >= 0.3 is 0 Å². The van der Waals surface area contributed by atoms with Crippen LogP contribution in [0.1, 0.15) is 13.0 Å². The molecule has 0 atom stereocenters. The fourth-order valence-corrected chi connectivity index (χ4v) is 1.70. The average Bonchev–Trinajstić information content (AvgIpc) is 2.38. The Morgan fingerprint density at radius 3 is 2.33 bits per heavy atom.